The van der Waals surface area contributed by atoms with Crippen molar-refractivity contribution in [2.24, 2.45) is 0 Å². The summed E-state index contributed by atoms with van der Waals surface area (Å²) in [7, 11) is 10.4. The summed E-state index contributed by atoms with van der Waals surface area (Å²) in [5.74, 6) is 2.66. The molecule has 1 aromatic carbocycles. The van der Waals surface area contributed by atoms with Crippen molar-refractivity contribution in [1.29, 1.82) is 10.5 Å². The van der Waals surface area contributed by atoms with Gasteiger partial charge in [0, 0.05) is 115 Å². The highest BCUT2D eigenvalue weighted by Crippen LogP contribution is 2.49. The number of nitriles is 2. The number of methoxy groups -OCH3 is 2. The van der Waals surface area contributed by atoms with Gasteiger partial charge in [0.1, 0.15) is 46.1 Å². The third-order valence-electron chi connectivity index (χ3n) is 14.8. The molecule has 431 valence electrons. The maximum Gasteiger partial charge on any atom is 0.570 e. The molecule has 23 heteroatoms. The minimum absolute atomic E-state index is 0.147. The lowest BCUT2D eigenvalue weighted by Crippen LogP contribution is -2.28. The Morgan fingerprint density at radius 1 is 0.655 bits per heavy atom. The standard InChI is InChI=1S/C31H31N5O4.C19H18ClN3O3.C11H13BN3O3/c1-36(2)31(37)21-13-26(38-3)29(34-16-21)27-14-25-30(40-27)28(23(17-33-25)18-4-5-18)19-6-7-24(20(12-19)15-32)35-22-8-10-39-11-9-22;1-23(2)19(24)11-6-14(25-3)17(22-8-11)15-7-13-18(26-15)16(20)12(9-21-13)10-4-5-10;13-7-10-9(1-2-11(15-10)18-12-16)14-8-3-5-17-6-4-8/h6-7,12-14,16-18,22,35H,4-5,8-11H2,1-3H3;6-10H,4-5H2,1-3H3;1-2,8,14,16H,3-6H2. The summed E-state index contributed by atoms with van der Waals surface area (Å²) in [5, 5.41) is 35.0. The van der Waals surface area contributed by atoms with E-state index < -0.39 is 0 Å². The van der Waals surface area contributed by atoms with Gasteiger partial charge in [-0.05, 0) is 110 Å². The van der Waals surface area contributed by atoms with Crippen LogP contribution in [0.25, 0.3) is 56.2 Å². The second-order valence-corrected chi connectivity index (χ2v) is 21.5. The number of amides is 2. The quantitative estimate of drug-likeness (QED) is 0.0805. The number of anilines is 2. The van der Waals surface area contributed by atoms with E-state index in [0.717, 1.165) is 106 Å². The van der Waals surface area contributed by atoms with Crippen molar-refractivity contribution in [3.63, 3.8) is 0 Å². The average Bonchev–Trinajstić information content (AvgIpc) is 3.01. The number of halogens is 1. The van der Waals surface area contributed by atoms with Gasteiger partial charge in [-0.15, -0.1) is 0 Å². The van der Waals surface area contributed by atoms with Crippen LogP contribution in [0.3, 0.4) is 0 Å². The van der Waals surface area contributed by atoms with Gasteiger partial charge in [0.05, 0.1) is 47.3 Å². The molecule has 2 aliphatic carbocycles. The number of carbonyl (C=O) groups is 2. The van der Waals surface area contributed by atoms with Gasteiger partial charge in [0.2, 0.25) is 0 Å². The molecule has 0 atom stereocenters. The number of hydrogen-bond donors (Lipinski definition) is 3. The van der Waals surface area contributed by atoms with Crippen molar-refractivity contribution >= 4 is 64.7 Å². The van der Waals surface area contributed by atoms with E-state index in [2.05, 4.69) is 36.6 Å². The predicted octanol–water partition coefficient (Wildman–Crippen LogP) is 10.2. The topological polar surface area (TPSA) is 269 Å². The minimum atomic E-state index is -0.164. The molecule has 2 saturated heterocycles. The Bertz CT molecular complexity index is 3800. The van der Waals surface area contributed by atoms with Gasteiger partial charge >= 0.3 is 7.69 Å². The van der Waals surface area contributed by atoms with E-state index >= 15 is 0 Å². The van der Waals surface area contributed by atoms with Crippen molar-refractivity contribution < 1.29 is 47.0 Å². The molecule has 21 nitrogen and oxygen atoms in total. The molecule has 0 unspecified atom stereocenters. The molecule has 2 amide bonds. The van der Waals surface area contributed by atoms with Gasteiger partial charge in [-0.1, -0.05) is 17.7 Å². The molecule has 84 heavy (non-hydrogen) atoms. The number of furan rings is 2. The number of hydrogen-bond acceptors (Lipinski definition) is 19. The highest BCUT2D eigenvalue weighted by atomic mass is 35.5. The van der Waals surface area contributed by atoms with Gasteiger partial charge in [-0.2, -0.15) is 10.5 Å². The molecule has 4 aliphatic rings. The third kappa shape index (κ3) is 13.2. The smallest absolute Gasteiger partial charge is 0.523 e. The van der Waals surface area contributed by atoms with Crippen LogP contribution in [0.1, 0.15) is 106 Å². The molecule has 1 radical (unpaired) electrons. The maximum atomic E-state index is 12.5. The third-order valence-corrected chi connectivity index (χ3v) is 15.2. The van der Waals surface area contributed by atoms with Crippen LogP contribution in [0.15, 0.2) is 88.2 Å². The Morgan fingerprint density at radius 2 is 1.17 bits per heavy atom. The SMILES string of the molecule is COc1cc(C(=O)N(C)C)cnc1-c1cc2ncc(C3CC3)c(-c3ccc(NC4CCOCC4)c(C#N)c3)c2o1.COc1cc(C(=O)N(C)C)cnc1-c1cc2ncc(C3CC3)c(Cl)c2o1.N#Cc1nc(O[B]O)ccc1NC1CCOCC1. The zero-order valence-corrected chi connectivity index (χ0v) is 48.2. The van der Waals surface area contributed by atoms with E-state index in [0.29, 0.717) is 110 Å². The molecule has 2 aliphatic heterocycles. The van der Waals surface area contributed by atoms with Gasteiger partial charge in [0.25, 0.3) is 11.8 Å². The monoisotopic (exact) mass is 1150 g/mol. The summed E-state index contributed by atoms with van der Waals surface area (Å²) < 4.78 is 38.9. The largest absolute Gasteiger partial charge is 0.570 e. The van der Waals surface area contributed by atoms with E-state index in [4.69, 9.17) is 59.3 Å². The average molecular weight is 1160 g/mol. The molecule has 0 bridgehead atoms. The van der Waals surface area contributed by atoms with Crippen molar-refractivity contribution in [3.8, 4) is 63.6 Å². The second-order valence-electron chi connectivity index (χ2n) is 21.1. The normalized spacial score (nSPS) is 15.1. The zero-order chi connectivity index (χ0) is 59.0. The number of rotatable bonds is 15. The summed E-state index contributed by atoms with van der Waals surface area (Å²) >= 11 is 6.52. The molecule has 3 N–H and O–H groups in total. The Balaban J connectivity index is 0.000000153. The van der Waals surface area contributed by atoms with E-state index in [1.165, 1.54) is 29.3 Å². The van der Waals surface area contributed by atoms with Crippen LogP contribution in [-0.4, -0.2) is 140 Å². The minimum Gasteiger partial charge on any atom is -0.523 e. The highest BCUT2D eigenvalue weighted by Gasteiger charge is 2.32. The fourth-order valence-electron chi connectivity index (χ4n) is 9.99. The van der Waals surface area contributed by atoms with Crippen LogP contribution in [-0.2, 0) is 9.47 Å². The Hall–Kier alpha value is -8.80. The predicted molar refractivity (Wildman–Crippen MR) is 315 cm³/mol. The summed E-state index contributed by atoms with van der Waals surface area (Å²) in [6.45, 7) is 2.92. The molecule has 4 fully saturated rings. The van der Waals surface area contributed by atoms with Gasteiger partial charge in [0.15, 0.2) is 34.3 Å². The molecule has 0 spiro atoms. The number of carbonyl (C=O) groups excluding carboxylic acids is 2. The first-order chi connectivity index (χ1) is 40.8. The fourth-order valence-corrected chi connectivity index (χ4v) is 10.3. The Morgan fingerprint density at radius 3 is 1.68 bits per heavy atom. The van der Waals surface area contributed by atoms with Crippen LogP contribution < -0.4 is 24.8 Å². The van der Waals surface area contributed by atoms with Crippen LogP contribution in [0.5, 0.6) is 17.4 Å². The van der Waals surface area contributed by atoms with Crippen LogP contribution >= 0.6 is 11.6 Å². The van der Waals surface area contributed by atoms with Crippen LogP contribution in [0, 0.1) is 22.7 Å². The molecule has 7 aromatic heterocycles. The molecular formula is C61H62BClN11O10. The lowest BCUT2D eigenvalue weighted by molar-refractivity contribution is 0.0819. The van der Waals surface area contributed by atoms with Gasteiger partial charge in [-0.25, -0.2) is 15.0 Å². The molecule has 8 aromatic rings. The summed E-state index contributed by atoms with van der Waals surface area (Å²) in [6, 6.07) is 21.2. The number of ether oxygens (including phenoxy) is 4. The van der Waals surface area contributed by atoms with E-state index in [1.54, 1.807) is 65.6 Å². The fraction of sp³-hybridized carbons (Fsp3) is 0.361. The number of pyridine rings is 5. The Labute approximate surface area is 491 Å². The first kappa shape index (κ1) is 58.4. The number of benzene rings is 1. The number of nitrogens with one attached hydrogen (secondary N) is 2. The first-order valence-electron chi connectivity index (χ1n) is 27.6. The van der Waals surface area contributed by atoms with Crippen LogP contribution in [0.2, 0.25) is 5.02 Å². The lowest BCUT2D eigenvalue weighted by Gasteiger charge is -2.24. The van der Waals surface area contributed by atoms with Crippen molar-refractivity contribution in [2.75, 3.05) is 79.5 Å². The zero-order valence-electron chi connectivity index (χ0n) is 47.4. The number of nitrogens with zero attached hydrogens (tertiary/aromatic N) is 9. The van der Waals surface area contributed by atoms with Crippen LogP contribution in [0.4, 0.5) is 11.4 Å². The first-order valence-corrected chi connectivity index (χ1v) is 28.0. The van der Waals surface area contributed by atoms with E-state index in [9.17, 15) is 14.9 Å². The number of aromatic nitrogens is 5. The van der Waals surface area contributed by atoms with Crippen molar-refractivity contribution in [2.45, 2.75) is 75.3 Å². The molecule has 2 saturated carbocycles. The molecular weight excluding hydrogens is 1090 g/mol. The second kappa shape index (κ2) is 26.2. The van der Waals surface area contributed by atoms with Gasteiger partial charge < -0.3 is 57.9 Å². The van der Waals surface area contributed by atoms with E-state index in [-0.39, 0.29) is 29.4 Å². The summed E-state index contributed by atoms with van der Waals surface area (Å²) in [4.78, 5) is 49.7. The van der Waals surface area contributed by atoms with Crippen molar-refractivity contribution in [3.05, 3.63) is 118 Å². The Kier molecular flexibility index (Phi) is 18.2. The van der Waals surface area contributed by atoms with Gasteiger partial charge in [-0.3, -0.25) is 19.6 Å². The summed E-state index contributed by atoms with van der Waals surface area (Å²) in [6.07, 6.45) is 14.9. The van der Waals surface area contributed by atoms with Crippen molar-refractivity contribution in [1.82, 2.24) is 34.7 Å². The highest BCUT2D eigenvalue weighted by molar-refractivity contribution is 6.35. The maximum absolute atomic E-state index is 12.5. The molecule has 9 heterocycles. The lowest BCUT2D eigenvalue weighted by atomic mass is 9.95. The summed E-state index contributed by atoms with van der Waals surface area (Å²) in [5.41, 5.74) is 10.8. The number of fused-ring (bicyclic) bond motifs is 2. The molecule has 12 rings (SSSR count). The van der Waals surface area contributed by atoms with E-state index in [1.807, 2.05) is 42.7 Å².